The first-order valence-electron chi connectivity index (χ1n) is 5.46. The predicted molar refractivity (Wildman–Crippen MR) is 60.2 cm³/mol. The molecule has 0 saturated heterocycles. The molecule has 0 bridgehead atoms. The van der Waals surface area contributed by atoms with Gasteiger partial charge >= 0.3 is 0 Å². The summed E-state index contributed by atoms with van der Waals surface area (Å²) in [6.07, 6.45) is 10.3. The van der Waals surface area contributed by atoms with Crippen LogP contribution in [0.3, 0.4) is 0 Å². The SMILES string of the molecule is CCCCn1cc[n+](CCC)c1.O=[N+]([O-])[O-]. The Bertz CT molecular complexity index is 295. The smallest absolute Gasteiger partial charge is 0.243 e. The van der Waals surface area contributed by atoms with Crippen molar-refractivity contribution in [2.75, 3.05) is 0 Å². The molecule has 0 radical (unpaired) electrons. The maximum Gasteiger partial charge on any atom is 0.243 e. The first-order chi connectivity index (χ1) is 7.60. The topological polar surface area (TPSA) is 75.0 Å². The van der Waals surface area contributed by atoms with Crippen LogP contribution in [-0.2, 0) is 13.1 Å². The number of imidazole rings is 1. The van der Waals surface area contributed by atoms with Crippen LogP contribution in [-0.4, -0.2) is 9.65 Å². The van der Waals surface area contributed by atoms with Gasteiger partial charge in [-0.15, -0.1) is 0 Å². The Labute approximate surface area is 95.2 Å². The molecular weight excluding hydrogens is 210 g/mol. The zero-order valence-corrected chi connectivity index (χ0v) is 9.83. The van der Waals surface area contributed by atoms with Crippen molar-refractivity contribution >= 4 is 0 Å². The first-order valence-corrected chi connectivity index (χ1v) is 5.46. The molecule has 6 heteroatoms. The third-order valence-electron chi connectivity index (χ3n) is 2.00. The lowest BCUT2D eigenvalue weighted by molar-refractivity contribution is -0.696. The molecule has 0 aromatic carbocycles. The lowest BCUT2D eigenvalue weighted by atomic mass is 10.3. The Balaban J connectivity index is 0.000000487. The second-order valence-corrected chi connectivity index (χ2v) is 3.47. The molecule has 0 saturated carbocycles. The van der Waals surface area contributed by atoms with Crippen LogP contribution in [0.1, 0.15) is 33.1 Å². The van der Waals surface area contributed by atoms with E-state index in [-0.39, 0.29) is 0 Å². The minimum atomic E-state index is -1.75. The van der Waals surface area contributed by atoms with E-state index < -0.39 is 5.09 Å². The van der Waals surface area contributed by atoms with Gasteiger partial charge in [0.1, 0.15) is 12.4 Å². The van der Waals surface area contributed by atoms with Gasteiger partial charge in [0.15, 0.2) is 0 Å². The van der Waals surface area contributed by atoms with Crippen molar-refractivity contribution < 1.29 is 9.65 Å². The fourth-order valence-corrected chi connectivity index (χ4v) is 1.30. The number of hydrogen-bond acceptors (Lipinski definition) is 3. The molecule has 0 spiro atoms. The third-order valence-corrected chi connectivity index (χ3v) is 2.00. The quantitative estimate of drug-likeness (QED) is 0.438. The molecule has 6 nitrogen and oxygen atoms in total. The molecular formula is C10H19N3O3. The highest BCUT2D eigenvalue weighted by Crippen LogP contribution is 1.92. The van der Waals surface area contributed by atoms with Crippen molar-refractivity contribution in [2.45, 2.75) is 46.2 Å². The Kier molecular flexibility index (Phi) is 7.83. The summed E-state index contributed by atoms with van der Waals surface area (Å²) in [6, 6.07) is 0. The molecule has 0 N–H and O–H groups in total. The number of nitrogens with zero attached hydrogens (tertiary/aromatic N) is 3. The van der Waals surface area contributed by atoms with Crippen LogP contribution in [0, 0.1) is 15.3 Å². The monoisotopic (exact) mass is 229 g/mol. The van der Waals surface area contributed by atoms with Gasteiger partial charge in [-0.1, -0.05) is 20.3 Å². The van der Waals surface area contributed by atoms with E-state index in [1.807, 2.05) is 0 Å². The summed E-state index contributed by atoms with van der Waals surface area (Å²) in [5, 5.41) is 14.8. The van der Waals surface area contributed by atoms with E-state index in [2.05, 4.69) is 41.7 Å². The fourth-order valence-electron chi connectivity index (χ4n) is 1.30. The highest BCUT2D eigenvalue weighted by molar-refractivity contribution is 4.65. The second-order valence-electron chi connectivity index (χ2n) is 3.47. The van der Waals surface area contributed by atoms with Crippen LogP contribution in [0.5, 0.6) is 0 Å². The number of rotatable bonds is 5. The van der Waals surface area contributed by atoms with Crippen LogP contribution >= 0.6 is 0 Å². The standard InChI is InChI=1S/C10H19N2.NO3/c1-3-5-7-12-9-8-11(10-12)6-4-2;2-1(3)4/h8-10H,3-7H2,1-2H3;/q+1;-1. The highest BCUT2D eigenvalue weighted by Gasteiger charge is 2.00. The zero-order valence-electron chi connectivity index (χ0n) is 9.83. The van der Waals surface area contributed by atoms with Crippen LogP contribution in [0.15, 0.2) is 18.7 Å². The molecule has 1 rings (SSSR count). The molecule has 16 heavy (non-hydrogen) atoms. The van der Waals surface area contributed by atoms with Crippen molar-refractivity contribution in [3.63, 3.8) is 0 Å². The molecule has 0 fully saturated rings. The average Bonchev–Trinajstić information content (AvgIpc) is 2.62. The Morgan fingerprint density at radius 3 is 2.44 bits per heavy atom. The number of aryl methyl sites for hydroxylation is 2. The van der Waals surface area contributed by atoms with Crippen LogP contribution in [0.25, 0.3) is 0 Å². The normalized spacial score (nSPS) is 9.38. The summed E-state index contributed by atoms with van der Waals surface area (Å²) in [5.41, 5.74) is 0. The first kappa shape index (κ1) is 14.4. The molecule has 1 heterocycles. The minimum Gasteiger partial charge on any atom is -0.356 e. The average molecular weight is 229 g/mol. The van der Waals surface area contributed by atoms with E-state index in [1.165, 1.54) is 19.3 Å². The van der Waals surface area contributed by atoms with Crippen molar-refractivity contribution in [2.24, 2.45) is 0 Å². The van der Waals surface area contributed by atoms with E-state index in [0.29, 0.717) is 0 Å². The Hall–Kier alpha value is -1.59. The molecule has 0 aliphatic carbocycles. The zero-order chi connectivity index (χ0) is 12.4. The van der Waals surface area contributed by atoms with Crippen molar-refractivity contribution in [1.29, 1.82) is 0 Å². The van der Waals surface area contributed by atoms with Gasteiger partial charge in [0.05, 0.1) is 18.2 Å². The molecule has 92 valence electrons. The number of hydrogen-bond donors (Lipinski definition) is 0. The highest BCUT2D eigenvalue weighted by atomic mass is 16.9. The van der Waals surface area contributed by atoms with Crippen LogP contribution < -0.4 is 4.57 Å². The summed E-state index contributed by atoms with van der Waals surface area (Å²) in [7, 11) is 0. The van der Waals surface area contributed by atoms with Gasteiger partial charge in [-0.25, -0.2) is 9.13 Å². The minimum absolute atomic E-state index is 1.14. The Morgan fingerprint density at radius 2 is 1.94 bits per heavy atom. The van der Waals surface area contributed by atoms with E-state index in [9.17, 15) is 0 Å². The van der Waals surface area contributed by atoms with Gasteiger partial charge in [-0.2, -0.15) is 0 Å². The second kappa shape index (κ2) is 8.70. The van der Waals surface area contributed by atoms with Gasteiger partial charge in [-0.05, 0) is 12.8 Å². The van der Waals surface area contributed by atoms with Gasteiger partial charge < -0.3 is 15.3 Å². The maximum absolute atomic E-state index is 8.25. The molecule has 0 atom stereocenters. The summed E-state index contributed by atoms with van der Waals surface area (Å²) >= 11 is 0. The van der Waals surface area contributed by atoms with Crippen LogP contribution in [0.4, 0.5) is 0 Å². The van der Waals surface area contributed by atoms with E-state index in [1.54, 1.807) is 0 Å². The summed E-state index contributed by atoms with van der Waals surface area (Å²) in [5.74, 6) is 0. The molecule has 0 unspecified atom stereocenters. The lowest BCUT2D eigenvalue weighted by Gasteiger charge is -1.92. The molecule has 0 amide bonds. The van der Waals surface area contributed by atoms with Gasteiger partial charge in [0.2, 0.25) is 6.33 Å². The maximum atomic E-state index is 8.25. The van der Waals surface area contributed by atoms with Gasteiger partial charge in [0.25, 0.3) is 0 Å². The van der Waals surface area contributed by atoms with Gasteiger partial charge in [0, 0.05) is 0 Å². The third kappa shape index (κ3) is 7.78. The summed E-state index contributed by atoms with van der Waals surface area (Å²) in [4.78, 5) is 8.25. The van der Waals surface area contributed by atoms with E-state index >= 15 is 0 Å². The number of unbranched alkanes of at least 4 members (excludes halogenated alkanes) is 1. The van der Waals surface area contributed by atoms with E-state index in [4.69, 9.17) is 15.3 Å². The molecule has 0 aliphatic heterocycles. The molecule has 1 aromatic heterocycles. The molecule has 1 aromatic rings. The van der Waals surface area contributed by atoms with Crippen LogP contribution in [0.2, 0.25) is 0 Å². The fraction of sp³-hybridized carbons (Fsp3) is 0.700. The van der Waals surface area contributed by atoms with E-state index in [0.717, 1.165) is 13.1 Å². The largest absolute Gasteiger partial charge is 0.356 e. The van der Waals surface area contributed by atoms with Crippen molar-refractivity contribution in [1.82, 2.24) is 4.57 Å². The lowest BCUT2D eigenvalue weighted by Crippen LogP contribution is -2.30. The van der Waals surface area contributed by atoms with Crippen molar-refractivity contribution in [3.8, 4) is 0 Å². The van der Waals surface area contributed by atoms with Gasteiger partial charge in [-0.3, -0.25) is 0 Å². The van der Waals surface area contributed by atoms with Crippen molar-refractivity contribution in [3.05, 3.63) is 34.0 Å². The Morgan fingerprint density at radius 1 is 1.31 bits per heavy atom. The summed E-state index contributed by atoms with van der Waals surface area (Å²) in [6.45, 7) is 6.73. The predicted octanol–water partition coefficient (Wildman–Crippen LogP) is 1.75. The summed E-state index contributed by atoms with van der Waals surface area (Å²) < 4.78 is 4.51. The molecule has 0 aliphatic rings. The number of aromatic nitrogens is 2.